The van der Waals surface area contributed by atoms with E-state index in [0.717, 1.165) is 0 Å². The lowest BCUT2D eigenvalue weighted by Gasteiger charge is -2.44. The molecule has 1 aromatic carbocycles. The van der Waals surface area contributed by atoms with Crippen LogP contribution in [-0.4, -0.2) is 52.4 Å². The van der Waals surface area contributed by atoms with Crippen LogP contribution in [0.5, 0.6) is 11.5 Å². The second-order valence-corrected chi connectivity index (χ2v) is 5.68. The van der Waals surface area contributed by atoms with E-state index in [1.165, 1.54) is 0 Å². The zero-order valence-electron chi connectivity index (χ0n) is 11.0. The number of aliphatic hydroxyl groups excluding tert-OH is 3. The van der Waals surface area contributed by atoms with Crippen LogP contribution in [0.15, 0.2) is 12.1 Å². The Morgan fingerprint density at radius 3 is 2.57 bits per heavy atom. The molecule has 7 nitrogen and oxygen atoms in total. The first-order chi connectivity index (χ1) is 10.1. The molecule has 4 rings (SSSR count). The van der Waals surface area contributed by atoms with E-state index in [-0.39, 0.29) is 19.1 Å². The summed E-state index contributed by atoms with van der Waals surface area (Å²) in [7, 11) is 0. The third-order valence-corrected chi connectivity index (χ3v) is 4.51. The second kappa shape index (κ2) is 4.33. The van der Waals surface area contributed by atoms with Gasteiger partial charge in [-0.05, 0) is 24.1 Å². The highest BCUT2D eigenvalue weighted by atomic mass is 16.7. The lowest BCUT2D eigenvalue weighted by Crippen LogP contribution is -2.59. The van der Waals surface area contributed by atoms with Gasteiger partial charge in [0.05, 0.1) is 12.2 Å². The SMILES string of the molecule is O=C1N[C@H]2CC(O)[C@@H](O)[C@H](O)[C@@H]2c2cc3c(cc21)OCO3. The van der Waals surface area contributed by atoms with E-state index in [2.05, 4.69) is 5.32 Å². The van der Waals surface area contributed by atoms with E-state index in [9.17, 15) is 20.1 Å². The maximum atomic E-state index is 12.2. The minimum atomic E-state index is -1.24. The standard InChI is InChI=1S/C14H15NO6/c16-8-3-7-11(13(18)12(8)17)5-1-9-10(21-4-20-9)2-6(5)14(19)15-7/h1-2,7-8,11-13,16-18H,3-4H2,(H,15,19)/t7-,8?,11+,12+,13+/m0/s1. The lowest BCUT2D eigenvalue weighted by molar-refractivity contribution is -0.103. The van der Waals surface area contributed by atoms with Crippen LogP contribution in [0.2, 0.25) is 0 Å². The van der Waals surface area contributed by atoms with Crippen LogP contribution < -0.4 is 14.8 Å². The maximum absolute atomic E-state index is 12.2. The molecule has 0 spiro atoms. The van der Waals surface area contributed by atoms with Gasteiger partial charge < -0.3 is 30.1 Å². The van der Waals surface area contributed by atoms with Gasteiger partial charge >= 0.3 is 0 Å². The number of aliphatic hydroxyl groups is 3. The summed E-state index contributed by atoms with van der Waals surface area (Å²) in [5.41, 5.74) is 1.02. The summed E-state index contributed by atoms with van der Waals surface area (Å²) >= 11 is 0. The molecule has 112 valence electrons. The van der Waals surface area contributed by atoms with Gasteiger partial charge in [-0.25, -0.2) is 0 Å². The Morgan fingerprint density at radius 2 is 1.81 bits per heavy atom. The Kier molecular flexibility index (Phi) is 2.66. The summed E-state index contributed by atoms with van der Waals surface area (Å²) in [6.07, 6.45) is -3.25. The van der Waals surface area contributed by atoms with Crippen molar-refractivity contribution in [1.29, 1.82) is 0 Å². The van der Waals surface area contributed by atoms with Crippen molar-refractivity contribution in [3.8, 4) is 11.5 Å². The third kappa shape index (κ3) is 1.75. The predicted molar refractivity (Wildman–Crippen MR) is 69.2 cm³/mol. The number of hydrogen-bond donors (Lipinski definition) is 4. The largest absolute Gasteiger partial charge is 0.454 e. The smallest absolute Gasteiger partial charge is 0.251 e. The number of fused-ring (bicyclic) bond motifs is 4. The highest BCUT2D eigenvalue weighted by Gasteiger charge is 2.48. The van der Waals surface area contributed by atoms with Gasteiger partial charge in [0.2, 0.25) is 6.79 Å². The molecule has 1 amide bonds. The van der Waals surface area contributed by atoms with Crippen LogP contribution in [0.25, 0.3) is 0 Å². The van der Waals surface area contributed by atoms with Crippen molar-refractivity contribution in [2.75, 3.05) is 6.79 Å². The number of nitrogens with one attached hydrogen (secondary N) is 1. The zero-order valence-corrected chi connectivity index (χ0v) is 11.0. The van der Waals surface area contributed by atoms with Crippen LogP contribution >= 0.6 is 0 Å². The molecular formula is C14H15NO6. The molecule has 3 aliphatic rings. The molecule has 5 atom stereocenters. The zero-order chi connectivity index (χ0) is 14.7. The van der Waals surface area contributed by atoms with E-state index in [4.69, 9.17) is 9.47 Å². The molecule has 1 saturated carbocycles. The molecule has 0 bridgehead atoms. The normalized spacial score (nSPS) is 36.7. The first-order valence-electron chi connectivity index (χ1n) is 6.85. The number of benzene rings is 1. The number of rotatable bonds is 0. The third-order valence-electron chi connectivity index (χ3n) is 4.51. The quantitative estimate of drug-likeness (QED) is 0.493. The van der Waals surface area contributed by atoms with Crippen LogP contribution in [-0.2, 0) is 0 Å². The highest BCUT2D eigenvalue weighted by molar-refractivity contribution is 5.98. The van der Waals surface area contributed by atoms with Gasteiger partial charge in [0.1, 0.15) is 6.10 Å². The number of amides is 1. The molecule has 0 saturated heterocycles. The fourth-order valence-electron chi connectivity index (χ4n) is 3.45. The highest BCUT2D eigenvalue weighted by Crippen LogP contribution is 2.43. The van der Waals surface area contributed by atoms with Crippen LogP contribution in [0.4, 0.5) is 0 Å². The summed E-state index contributed by atoms with van der Waals surface area (Å²) in [6.45, 7) is 0.0951. The molecule has 0 aromatic heterocycles. The topological polar surface area (TPSA) is 108 Å². The number of carbonyl (C=O) groups excluding carboxylic acids is 1. The van der Waals surface area contributed by atoms with Gasteiger partial charge in [0.25, 0.3) is 5.91 Å². The van der Waals surface area contributed by atoms with Gasteiger partial charge in [0, 0.05) is 17.5 Å². The van der Waals surface area contributed by atoms with E-state index >= 15 is 0 Å². The molecule has 2 heterocycles. The number of carbonyl (C=O) groups is 1. The van der Waals surface area contributed by atoms with Crippen molar-refractivity contribution in [3.63, 3.8) is 0 Å². The van der Waals surface area contributed by atoms with Crippen LogP contribution in [0.3, 0.4) is 0 Å². The molecule has 1 aliphatic carbocycles. The van der Waals surface area contributed by atoms with Gasteiger partial charge in [-0.2, -0.15) is 0 Å². The molecule has 0 radical (unpaired) electrons. The summed E-state index contributed by atoms with van der Waals surface area (Å²) in [5, 5.41) is 32.7. The molecule has 1 aromatic rings. The first-order valence-corrected chi connectivity index (χ1v) is 6.85. The Morgan fingerprint density at radius 1 is 1.10 bits per heavy atom. The van der Waals surface area contributed by atoms with Crippen molar-refractivity contribution in [3.05, 3.63) is 23.3 Å². The lowest BCUT2D eigenvalue weighted by atomic mass is 9.71. The average Bonchev–Trinajstić information content (AvgIpc) is 2.90. The molecule has 1 fully saturated rings. The molecule has 4 N–H and O–H groups in total. The molecule has 21 heavy (non-hydrogen) atoms. The average molecular weight is 293 g/mol. The molecule has 1 unspecified atom stereocenters. The van der Waals surface area contributed by atoms with Gasteiger partial charge in [-0.15, -0.1) is 0 Å². The van der Waals surface area contributed by atoms with Gasteiger partial charge in [-0.1, -0.05) is 0 Å². The first kappa shape index (κ1) is 12.9. The van der Waals surface area contributed by atoms with E-state index in [1.807, 2.05) is 0 Å². The van der Waals surface area contributed by atoms with Crippen molar-refractivity contribution >= 4 is 5.91 Å². The Bertz CT molecular complexity index is 618. The fourth-order valence-corrected chi connectivity index (χ4v) is 3.45. The molecule has 2 aliphatic heterocycles. The minimum absolute atomic E-state index is 0.0951. The van der Waals surface area contributed by atoms with Crippen molar-refractivity contribution < 1.29 is 29.6 Å². The summed E-state index contributed by atoms with van der Waals surface area (Å²) in [5.74, 6) is 0.259. The summed E-state index contributed by atoms with van der Waals surface area (Å²) < 4.78 is 10.6. The van der Waals surface area contributed by atoms with Crippen LogP contribution in [0.1, 0.15) is 28.3 Å². The van der Waals surface area contributed by atoms with Crippen molar-refractivity contribution in [1.82, 2.24) is 5.32 Å². The van der Waals surface area contributed by atoms with E-state index in [0.29, 0.717) is 22.6 Å². The van der Waals surface area contributed by atoms with E-state index < -0.39 is 30.3 Å². The summed E-state index contributed by atoms with van der Waals surface area (Å²) in [4.78, 5) is 12.2. The Labute approximate surface area is 120 Å². The number of hydrogen-bond acceptors (Lipinski definition) is 6. The van der Waals surface area contributed by atoms with Crippen molar-refractivity contribution in [2.24, 2.45) is 0 Å². The minimum Gasteiger partial charge on any atom is -0.454 e. The second-order valence-electron chi connectivity index (χ2n) is 5.68. The van der Waals surface area contributed by atoms with Gasteiger partial charge in [-0.3, -0.25) is 4.79 Å². The summed E-state index contributed by atoms with van der Waals surface area (Å²) in [6, 6.07) is 2.86. The van der Waals surface area contributed by atoms with Crippen LogP contribution in [0, 0.1) is 0 Å². The number of ether oxygens (including phenoxy) is 2. The van der Waals surface area contributed by atoms with Gasteiger partial charge in [0.15, 0.2) is 11.5 Å². The Hall–Kier alpha value is -1.83. The molecular weight excluding hydrogens is 278 g/mol. The Balaban J connectivity index is 1.84. The monoisotopic (exact) mass is 293 g/mol. The predicted octanol–water partition coefficient (Wildman–Crippen LogP) is -0.903. The molecule has 7 heteroatoms. The van der Waals surface area contributed by atoms with Crippen molar-refractivity contribution in [2.45, 2.75) is 36.7 Å². The maximum Gasteiger partial charge on any atom is 0.251 e. The van der Waals surface area contributed by atoms with E-state index in [1.54, 1.807) is 12.1 Å². The fraction of sp³-hybridized carbons (Fsp3) is 0.500.